The third kappa shape index (κ3) is 3.83. The summed E-state index contributed by atoms with van der Waals surface area (Å²) in [5.41, 5.74) is 5.13. The number of amides is 1. The Morgan fingerprint density at radius 2 is 2.19 bits per heavy atom. The van der Waals surface area contributed by atoms with E-state index in [1.807, 2.05) is 35.8 Å². The van der Waals surface area contributed by atoms with Crippen molar-refractivity contribution in [2.24, 2.45) is 11.0 Å². The van der Waals surface area contributed by atoms with Crippen LogP contribution in [-0.4, -0.2) is 33.9 Å². The van der Waals surface area contributed by atoms with Gasteiger partial charge >= 0.3 is 0 Å². The van der Waals surface area contributed by atoms with Crippen molar-refractivity contribution in [3.05, 3.63) is 54.4 Å². The molecule has 0 fully saturated rings. The van der Waals surface area contributed by atoms with Gasteiger partial charge in [-0.2, -0.15) is 5.10 Å². The van der Waals surface area contributed by atoms with Crippen LogP contribution in [0.2, 0.25) is 0 Å². The minimum atomic E-state index is -0.279. The second-order valence-corrected chi connectivity index (χ2v) is 5.95. The summed E-state index contributed by atoms with van der Waals surface area (Å²) in [5, 5.41) is 13.5. The van der Waals surface area contributed by atoms with E-state index in [9.17, 15) is 9.90 Å². The van der Waals surface area contributed by atoms with Gasteiger partial charge in [-0.3, -0.25) is 4.79 Å². The van der Waals surface area contributed by atoms with Crippen LogP contribution in [0.1, 0.15) is 12.5 Å². The van der Waals surface area contributed by atoms with Gasteiger partial charge in [-0.1, -0.05) is 19.1 Å². The zero-order valence-corrected chi connectivity index (χ0v) is 14.6. The minimum absolute atomic E-state index is 0.0508. The van der Waals surface area contributed by atoms with E-state index in [2.05, 4.69) is 15.5 Å². The van der Waals surface area contributed by atoms with Crippen molar-refractivity contribution in [2.75, 3.05) is 7.11 Å². The Morgan fingerprint density at radius 3 is 3.00 bits per heavy atom. The van der Waals surface area contributed by atoms with Crippen molar-refractivity contribution in [3.63, 3.8) is 0 Å². The Balaban J connectivity index is 1.61. The number of aromatic hydroxyl groups is 1. The normalized spacial score (nSPS) is 12.4. The number of para-hydroxylation sites is 2. The molecule has 7 heteroatoms. The van der Waals surface area contributed by atoms with Crippen molar-refractivity contribution in [1.29, 1.82) is 0 Å². The number of benzene rings is 2. The molecule has 1 heterocycles. The molecule has 1 atom stereocenters. The summed E-state index contributed by atoms with van der Waals surface area (Å²) in [7, 11) is 1.47. The Kier molecular flexibility index (Phi) is 5.17. The zero-order chi connectivity index (χ0) is 18.5. The SMILES string of the molecule is COc1cc(/C=N/NC(=O)[C@@H](C)Cn2cnc3ccccc32)ccc1O. The molecule has 7 nitrogen and oxygen atoms in total. The molecule has 2 N–H and O–H groups in total. The van der Waals surface area contributed by atoms with Crippen molar-refractivity contribution in [3.8, 4) is 11.5 Å². The van der Waals surface area contributed by atoms with Gasteiger partial charge in [0, 0.05) is 6.54 Å². The first-order valence-corrected chi connectivity index (χ1v) is 8.18. The number of phenols is 1. The molecule has 0 aliphatic rings. The van der Waals surface area contributed by atoms with Crippen LogP contribution >= 0.6 is 0 Å². The number of aromatic nitrogens is 2. The first-order valence-electron chi connectivity index (χ1n) is 8.18. The number of phenolic OH excluding ortho intramolecular Hbond substituents is 1. The predicted molar refractivity (Wildman–Crippen MR) is 99.3 cm³/mol. The molecule has 0 aliphatic heterocycles. The molecule has 0 unspecified atom stereocenters. The Bertz CT molecular complexity index is 949. The number of carbonyl (C=O) groups is 1. The van der Waals surface area contributed by atoms with E-state index >= 15 is 0 Å². The summed E-state index contributed by atoms with van der Waals surface area (Å²) in [5.74, 6) is -0.0700. The highest BCUT2D eigenvalue weighted by Crippen LogP contribution is 2.25. The van der Waals surface area contributed by atoms with E-state index in [0.717, 1.165) is 11.0 Å². The van der Waals surface area contributed by atoms with Crippen molar-refractivity contribution >= 4 is 23.2 Å². The van der Waals surface area contributed by atoms with E-state index in [0.29, 0.717) is 17.9 Å². The Hall–Kier alpha value is -3.35. The number of rotatable bonds is 6. The van der Waals surface area contributed by atoms with E-state index in [4.69, 9.17) is 4.74 Å². The maximum atomic E-state index is 12.2. The van der Waals surface area contributed by atoms with E-state index in [-0.39, 0.29) is 17.6 Å². The minimum Gasteiger partial charge on any atom is -0.504 e. The lowest BCUT2D eigenvalue weighted by Crippen LogP contribution is -2.27. The van der Waals surface area contributed by atoms with E-state index in [1.165, 1.54) is 19.4 Å². The first kappa shape index (κ1) is 17.5. The van der Waals surface area contributed by atoms with Gasteiger partial charge < -0.3 is 14.4 Å². The van der Waals surface area contributed by atoms with Crippen LogP contribution in [0.4, 0.5) is 0 Å². The summed E-state index contributed by atoms with van der Waals surface area (Å²) in [4.78, 5) is 16.6. The molecule has 0 spiro atoms. The van der Waals surface area contributed by atoms with Gasteiger partial charge in [0.15, 0.2) is 11.5 Å². The van der Waals surface area contributed by atoms with Crippen molar-refractivity contribution in [1.82, 2.24) is 15.0 Å². The number of nitrogens with zero attached hydrogens (tertiary/aromatic N) is 3. The number of hydrogen-bond donors (Lipinski definition) is 2. The molecule has 2 aromatic carbocycles. The number of hydrogen-bond acceptors (Lipinski definition) is 5. The molecule has 0 aliphatic carbocycles. The summed E-state index contributed by atoms with van der Waals surface area (Å²) < 4.78 is 6.99. The Morgan fingerprint density at radius 1 is 1.38 bits per heavy atom. The zero-order valence-electron chi connectivity index (χ0n) is 14.6. The number of carbonyl (C=O) groups excluding carboxylic acids is 1. The molecule has 0 saturated carbocycles. The fourth-order valence-corrected chi connectivity index (χ4v) is 2.59. The van der Waals surface area contributed by atoms with E-state index in [1.54, 1.807) is 18.5 Å². The highest BCUT2D eigenvalue weighted by Gasteiger charge is 2.14. The third-order valence-electron chi connectivity index (χ3n) is 4.04. The quantitative estimate of drug-likeness (QED) is 0.527. The highest BCUT2D eigenvalue weighted by atomic mass is 16.5. The molecule has 134 valence electrons. The number of imidazole rings is 1. The number of ether oxygens (including phenoxy) is 1. The molecule has 1 aromatic heterocycles. The smallest absolute Gasteiger partial charge is 0.244 e. The fourth-order valence-electron chi connectivity index (χ4n) is 2.59. The predicted octanol–water partition coefficient (Wildman–Crippen LogP) is 2.54. The van der Waals surface area contributed by atoms with Gasteiger partial charge in [0.2, 0.25) is 5.91 Å². The van der Waals surface area contributed by atoms with Crippen LogP contribution in [-0.2, 0) is 11.3 Å². The topological polar surface area (TPSA) is 88.7 Å². The van der Waals surface area contributed by atoms with Gasteiger partial charge in [-0.25, -0.2) is 10.4 Å². The maximum Gasteiger partial charge on any atom is 0.244 e. The second-order valence-electron chi connectivity index (χ2n) is 5.95. The second kappa shape index (κ2) is 7.69. The molecule has 0 saturated heterocycles. The average molecular weight is 352 g/mol. The largest absolute Gasteiger partial charge is 0.504 e. The van der Waals surface area contributed by atoms with Crippen molar-refractivity contribution in [2.45, 2.75) is 13.5 Å². The molecule has 26 heavy (non-hydrogen) atoms. The van der Waals surface area contributed by atoms with Gasteiger partial charge in [0.05, 0.1) is 36.6 Å². The lowest BCUT2D eigenvalue weighted by atomic mass is 10.1. The van der Waals surface area contributed by atoms with Crippen LogP contribution in [0.15, 0.2) is 53.9 Å². The van der Waals surface area contributed by atoms with Crippen LogP contribution in [0.5, 0.6) is 11.5 Å². The van der Waals surface area contributed by atoms with Gasteiger partial charge in [-0.05, 0) is 35.9 Å². The number of methoxy groups -OCH3 is 1. The van der Waals surface area contributed by atoms with Crippen molar-refractivity contribution < 1.29 is 14.6 Å². The average Bonchev–Trinajstić information content (AvgIpc) is 3.06. The summed E-state index contributed by atoms with van der Waals surface area (Å²) in [6, 6.07) is 12.6. The fraction of sp³-hybridized carbons (Fsp3) is 0.211. The molecule has 3 rings (SSSR count). The van der Waals surface area contributed by atoms with E-state index < -0.39 is 0 Å². The highest BCUT2D eigenvalue weighted by molar-refractivity contribution is 5.84. The molecule has 3 aromatic rings. The van der Waals surface area contributed by atoms with Crippen LogP contribution in [0.25, 0.3) is 11.0 Å². The first-order chi connectivity index (χ1) is 12.6. The molecular formula is C19H20N4O3. The molecular weight excluding hydrogens is 332 g/mol. The number of hydrazone groups is 1. The van der Waals surface area contributed by atoms with Crippen LogP contribution in [0, 0.1) is 5.92 Å². The summed E-state index contributed by atoms with van der Waals surface area (Å²) >= 11 is 0. The maximum absolute atomic E-state index is 12.2. The number of fused-ring (bicyclic) bond motifs is 1. The van der Waals surface area contributed by atoms with Gasteiger partial charge in [0.25, 0.3) is 0 Å². The third-order valence-corrected chi connectivity index (χ3v) is 4.04. The molecule has 1 amide bonds. The van der Waals surface area contributed by atoms with Gasteiger partial charge in [-0.15, -0.1) is 0 Å². The monoisotopic (exact) mass is 352 g/mol. The van der Waals surface area contributed by atoms with Crippen LogP contribution < -0.4 is 10.2 Å². The summed E-state index contributed by atoms with van der Waals surface area (Å²) in [6.45, 7) is 2.35. The molecule has 0 radical (unpaired) electrons. The standard InChI is InChI=1S/C19H20N4O3/c1-13(11-23-12-20-15-5-3-4-6-16(15)23)19(25)22-21-10-14-7-8-17(24)18(9-14)26-2/h3-10,12-13,24H,11H2,1-2H3,(H,22,25)/b21-10+/t13-/m0/s1. The molecule has 0 bridgehead atoms. The lowest BCUT2D eigenvalue weighted by Gasteiger charge is -2.11. The number of nitrogens with one attached hydrogen (secondary N) is 1. The lowest BCUT2D eigenvalue weighted by molar-refractivity contribution is -0.124. The summed E-state index contributed by atoms with van der Waals surface area (Å²) in [6.07, 6.45) is 3.24. The van der Waals surface area contributed by atoms with Gasteiger partial charge in [0.1, 0.15) is 0 Å². The Labute approximate surface area is 150 Å². The van der Waals surface area contributed by atoms with Crippen LogP contribution in [0.3, 0.4) is 0 Å².